The molecule has 0 fully saturated rings. The number of fused-ring (bicyclic) bond motifs is 6. The lowest BCUT2D eigenvalue weighted by atomic mass is 9.70. The van der Waals surface area contributed by atoms with Crippen molar-refractivity contribution < 1.29 is 14.7 Å². The Morgan fingerprint density at radius 3 is 1.45 bits per heavy atom. The first-order chi connectivity index (χ1) is 39.2. The van der Waals surface area contributed by atoms with Gasteiger partial charge in [0, 0.05) is 57.2 Å². The molecule has 0 bridgehead atoms. The molecule has 0 saturated carbocycles. The van der Waals surface area contributed by atoms with Gasteiger partial charge in [-0.15, -0.1) is 34.0 Å². The summed E-state index contributed by atoms with van der Waals surface area (Å²) in [7, 11) is 0. The molecular weight excluding hydrogens is 1040 g/mol. The van der Waals surface area contributed by atoms with Gasteiger partial charge in [-0.1, -0.05) is 170 Å². The SMILES string of the molecule is CCCCC1(CCCC)c2ccccc2-c2ccc(N(c3ccc(-c4ccc(-c5ccc(-c6ccc(/C=C7\C(=O)N(c8ccccc8)N=C7C(=O)O)s6)s5)s4)cc3)c3ccc4c(c3)C(CCCC)(CCCC)c3ccccc3-4)cc21. The first-order valence-electron chi connectivity index (χ1n) is 28.8. The summed E-state index contributed by atoms with van der Waals surface area (Å²) in [6.07, 6.45) is 15.7. The molecule has 2 aliphatic carbocycles. The van der Waals surface area contributed by atoms with E-state index >= 15 is 0 Å². The van der Waals surface area contributed by atoms with E-state index in [4.69, 9.17) is 0 Å². The third-order valence-electron chi connectivity index (χ3n) is 17.0. The molecule has 0 spiro atoms. The van der Waals surface area contributed by atoms with Gasteiger partial charge in [-0.05, 0) is 167 Å². The van der Waals surface area contributed by atoms with E-state index in [1.54, 1.807) is 53.0 Å². The first-order valence-corrected chi connectivity index (χ1v) is 31.3. The van der Waals surface area contributed by atoms with Gasteiger partial charge in [-0.2, -0.15) is 10.1 Å². The number of carbonyl (C=O) groups excluding carboxylic acids is 1. The van der Waals surface area contributed by atoms with Crippen LogP contribution in [0.3, 0.4) is 0 Å². The molecule has 6 aromatic carbocycles. The summed E-state index contributed by atoms with van der Waals surface area (Å²) in [4.78, 5) is 34.8. The number of hydrazone groups is 1. The Balaban J connectivity index is 0.885. The van der Waals surface area contributed by atoms with Crippen LogP contribution >= 0.6 is 34.0 Å². The maximum atomic E-state index is 13.5. The van der Waals surface area contributed by atoms with Crippen molar-refractivity contribution in [1.29, 1.82) is 0 Å². The molecule has 4 heterocycles. The van der Waals surface area contributed by atoms with Crippen LogP contribution in [0.5, 0.6) is 0 Å². The highest BCUT2D eigenvalue weighted by Crippen LogP contribution is 2.58. The average molecular weight is 1110 g/mol. The summed E-state index contributed by atoms with van der Waals surface area (Å²) < 4.78 is 0. The molecule has 0 radical (unpaired) electrons. The molecule has 9 aromatic rings. The van der Waals surface area contributed by atoms with E-state index in [0.717, 1.165) is 51.0 Å². The van der Waals surface area contributed by atoms with Crippen LogP contribution < -0.4 is 9.91 Å². The Bertz CT molecular complexity index is 3690. The zero-order chi connectivity index (χ0) is 55.0. The van der Waals surface area contributed by atoms with Crippen LogP contribution in [0.4, 0.5) is 22.7 Å². The van der Waals surface area contributed by atoms with E-state index in [-0.39, 0.29) is 22.1 Å². The van der Waals surface area contributed by atoms with Gasteiger partial charge in [0.2, 0.25) is 0 Å². The largest absolute Gasteiger partial charge is 0.476 e. The Morgan fingerprint density at radius 1 is 0.500 bits per heavy atom. The maximum absolute atomic E-state index is 13.5. The molecule has 3 aliphatic rings. The smallest absolute Gasteiger partial charge is 0.357 e. The quantitative estimate of drug-likeness (QED) is 0.0728. The summed E-state index contributed by atoms with van der Waals surface area (Å²) in [5.41, 5.74) is 16.5. The van der Waals surface area contributed by atoms with Gasteiger partial charge >= 0.3 is 5.97 Å². The van der Waals surface area contributed by atoms with E-state index in [1.807, 2.05) is 18.2 Å². The average Bonchev–Trinajstić information content (AvgIpc) is 4.43. The van der Waals surface area contributed by atoms with Crippen molar-refractivity contribution in [1.82, 2.24) is 0 Å². The second kappa shape index (κ2) is 22.6. The van der Waals surface area contributed by atoms with Crippen molar-refractivity contribution in [3.05, 3.63) is 209 Å². The number of rotatable bonds is 21. The number of thiophene rings is 3. The topological polar surface area (TPSA) is 73.2 Å². The summed E-state index contributed by atoms with van der Waals surface area (Å²) >= 11 is 5.07. The third kappa shape index (κ3) is 9.50. The lowest BCUT2D eigenvalue weighted by Gasteiger charge is -2.35. The minimum absolute atomic E-state index is 0.0323. The number of anilines is 4. The van der Waals surface area contributed by atoms with Crippen LogP contribution in [0.15, 0.2) is 187 Å². The fraction of sp³-hybridized carbons (Fsp3) is 0.254. The number of aliphatic carboxylic acids is 1. The monoisotopic (exact) mass is 1110 g/mol. The predicted molar refractivity (Wildman–Crippen MR) is 339 cm³/mol. The molecule has 9 heteroatoms. The number of benzene rings is 6. The number of nitrogens with zero attached hydrogens (tertiary/aromatic N) is 3. The number of carboxylic acids is 1. The summed E-state index contributed by atoms with van der Waals surface area (Å²) in [5.74, 6) is -1.70. The van der Waals surface area contributed by atoms with Crippen molar-refractivity contribution in [2.24, 2.45) is 5.10 Å². The molecule has 0 unspecified atom stereocenters. The summed E-state index contributed by atoms with van der Waals surface area (Å²) in [5, 5.41) is 15.3. The molecule has 1 N–H and O–H groups in total. The molecule has 0 saturated heterocycles. The fourth-order valence-corrected chi connectivity index (χ4v) is 16.2. The number of hydrogen-bond donors (Lipinski definition) is 1. The van der Waals surface area contributed by atoms with Crippen molar-refractivity contribution >= 4 is 80.4 Å². The number of unbranched alkanes of at least 4 members (excludes halogenated alkanes) is 4. The Kier molecular flexibility index (Phi) is 15.0. The number of carbonyl (C=O) groups is 2. The zero-order valence-corrected chi connectivity index (χ0v) is 48.6. The van der Waals surface area contributed by atoms with Crippen LogP contribution in [-0.2, 0) is 20.4 Å². The van der Waals surface area contributed by atoms with Crippen molar-refractivity contribution in [2.45, 2.75) is 116 Å². The number of hydrogen-bond acceptors (Lipinski definition) is 7. The highest BCUT2D eigenvalue weighted by Gasteiger charge is 2.44. The Labute approximate surface area is 483 Å². The fourth-order valence-electron chi connectivity index (χ4n) is 13.0. The number of para-hydroxylation sites is 1. The van der Waals surface area contributed by atoms with E-state index in [0.29, 0.717) is 5.69 Å². The second-order valence-corrected chi connectivity index (χ2v) is 25.1. The predicted octanol–water partition coefficient (Wildman–Crippen LogP) is 20.5. The summed E-state index contributed by atoms with van der Waals surface area (Å²) in [6, 6.07) is 64.3. The first kappa shape index (κ1) is 53.2. The zero-order valence-electron chi connectivity index (χ0n) is 46.1. The van der Waals surface area contributed by atoms with Gasteiger partial charge in [-0.25, -0.2) is 4.79 Å². The minimum Gasteiger partial charge on any atom is -0.476 e. The van der Waals surface area contributed by atoms with E-state index in [2.05, 4.69) is 171 Å². The molecule has 12 rings (SSSR count). The van der Waals surface area contributed by atoms with Crippen molar-refractivity contribution in [2.75, 3.05) is 9.91 Å². The molecule has 1 aliphatic heterocycles. The van der Waals surface area contributed by atoms with Crippen molar-refractivity contribution in [3.8, 4) is 52.2 Å². The molecule has 6 nitrogen and oxygen atoms in total. The minimum atomic E-state index is -1.24. The highest BCUT2D eigenvalue weighted by molar-refractivity contribution is 7.27. The van der Waals surface area contributed by atoms with E-state index in [9.17, 15) is 14.7 Å². The van der Waals surface area contributed by atoms with E-state index < -0.39 is 11.9 Å². The van der Waals surface area contributed by atoms with Gasteiger partial charge < -0.3 is 10.0 Å². The lowest BCUT2D eigenvalue weighted by molar-refractivity contribution is -0.129. The standard InChI is InChI=1S/C71H67N3O3S3/c1-5-9-40-70(41-10-6-2)58-24-18-16-22-53(58)55-33-30-50(44-60(55)70)73(51-31-34-56-54-23-17-19-25-59(54)71(42-11-7-3,43-12-8-4)61(56)45-51)48-28-26-47(27-29-48)62-36-37-65(79-62)66-39-38-64(80-66)63-35-32-52(78-63)46-57-67(69(76)77)72-74(68(57)75)49-20-14-13-15-21-49/h13-39,44-46H,5-12,40-43H2,1-4H3,(H,76,77)/b57-46-. The third-order valence-corrected chi connectivity index (χ3v) is 20.6. The van der Waals surface area contributed by atoms with Gasteiger partial charge in [0.25, 0.3) is 5.91 Å². The maximum Gasteiger partial charge on any atom is 0.357 e. The number of carboxylic acid groups (broad SMARTS) is 1. The van der Waals surface area contributed by atoms with E-state index in [1.165, 1.54) is 139 Å². The Hall–Kier alpha value is -7.43. The number of amides is 1. The van der Waals surface area contributed by atoms with Crippen LogP contribution in [0.1, 0.15) is 132 Å². The van der Waals surface area contributed by atoms with Crippen LogP contribution in [-0.4, -0.2) is 22.7 Å². The van der Waals surface area contributed by atoms with Crippen LogP contribution in [0.2, 0.25) is 0 Å². The molecule has 80 heavy (non-hydrogen) atoms. The van der Waals surface area contributed by atoms with Crippen LogP contribution in [0.25, 0.3) is 58.3 Å². The second-order valence-electron chi connectivity index (χ2n) is 21.8. The molecule has 0 atom stereocenters. The lowest BCUT2D eigenvalue weighted by Crippen LogP contribution is -2.26. The molecule has 1 amide bonds. The Morgan fingerprint density at radius 2 is 0.938 bits per heavy atom. The van der Waals surface area contributed by atoms with Gasteiger partial charge in [0.15, 0.2) is 5.71 Å². The molecule has 3 aromatic heterocycles. The van der Waals surface area contributed by atoms with Crippen molar-refractivity contribution in [3.63, 3.8) is 0 Å². The normalized spacial score (nSPS) is 15.0. The molecular formula is C71H67N3O3S3. The highest BCUT2D eigenvalue weighted by atomic mass is 32.1. The van der Waals surface area contributed by atoms with Gasteiger partial charge in [-0.3, -0.25) is 4.79 Å². The van der Waals surface area contributed by atoms with Gasteiger partial charge in [0.1, 0.15) is 0 Å². The molecule has 402 valence electrons. The van der Waals surface area contributed by atoms with Crippen LogP contribution in [0, 0.1) is 0 Å². The summed E-state index contributed by atoms with van der Waals surface area (Å²) in [6.45, 7) is 9.34. The van der Waals surface area contributed by atoms with Gasteiger partial charge in [0.05, 0.1) is 11.3 Å².